The highest BCUT2D eigenvalue weighted by Gasteiger charge is 2.26. The van der Waals surface area contributed by atoms with E-state index in [1.165, 1.54) is 6.08 Å². The van der Waals surface area contributed by atoms with E-state index in [-0.39, 0.29) is 19.8 Å². The van der Waals surface area contributed by atoms with Gasteiger partial charge >= 0.3 is 5.97 Å². The lowest BCUT2D eigenvalue weighted by Gasteiger charge is -2.39. The second-order valence-corrected chi connectivity index (χ2v) is 8.84. The third kappa shape index (κ3) is 14.8. The van der Waals surface area contributed by atoms with Crippen molar-refractivity contribution in [2.24, 2.45) is 0 Å². The van der Waals surface area contributed by atoms with Crippen LogP contribution in [-0.4, -0.2) is 56.5 Å². The van der Waals surface area contributed by atoms with Gasteiger partial charge < -0.3 is 23.2 Å². The normalized spacial score (nSPS) is 14.2. The second kappa shape index (κ2) is 17.0. The fraction of sp³-hybridized carbons (Fsp3) is 0.857. The van der Waals surface area contributed by atoms with Gasteiger partial charge in [0.1, 0.15) is 13.2 Å². The molecule has 0 fully saturated rings. The molecule has 0 aromatic heterocycles. The van der Waals surface area contributed by atoms with Crippen molar-refractivity contribution in [2.45, 2.75) is 72.6 Å². The Morgan fingerprint density at radius 2 is 1.38 bits per heavy atom. The summed E-state index contributed by atoms with van der Waals surface area (Å²) < 4.78 is 27.8. The number of rotatable bonds is 19. The Balaban J connectivity index is 4.47. The van der Waals surface area contributed by atoms with Crippen molar-refractivity contribution >= 4 is 13.8 Å². The summed E-state index contributed by atoms with van der Waals surface area (Å²) in [5.74, 6) is -0.450. The van der Waals surface area contributed by atoms with Gasteiger partial charge in [-0.25, -0.2) is 4.79 Å². The number of nitrogens with zero attached hydrogens (tertiary/aromatic N) is 1. The summed E-state index contributed by atoms with van der Waals surface area (Å²) in [6.07, 6.45) is 9.95. The van der Waals surface area contributed by atoms with Crippen LogP contribution in [0.25, 0.3) is 0 Å². The van der Waals surface area contributed by atoms with Gasteiger partial charge in [-0.05, 0) is 26.2 Å². The molecule has 0 radical (unpaired) electrons. The van der Waals surface area contributed by atoms with Gasteiger partial charge in [0.15, 0.2) is 0 Å². The predicted molar refractivity (Wildman–Crippen MR) is 114 cm³/mol. The number of hydrogen-bond donors (Lipinski definition) is 0. The first-order chi connectivity index (χ1) is 13.8. The van der Waals surface area contributed by atoms with E-state index in [0.717, 1.165) is 62.6 Å². The number of carbonyl (C=O) groups excluding carboxylic acids is 1. The Kier molecular flexibility index (Phi) is 16.6. The lowest BCUT2D eigenvalue weighted by Crippen LogP contribution is -2.52. The second-order valence-electron chi connectivity index (χ2n) is 7.43. The van der Waals surface area contributed by atoms with Crippen molar-refractivity contribution < 1.29 is 32.5 Å². The quantitative estimate of drug-likeness (QED) is 0.0993. The van der Waals surface area contributed by atoms with E-state index in [2.05, 4.69) is 20.8 Å². The third-order valence-electron chi connectivity index (χ3n) is 4.86. The first kappa shape index (κ1) is 28.3. The maximum atomic E-state index is 12.0. The summed E-state index contributed by atoms with van der Waals surface area (Å²) >= 11 is 0. The van der Waals surface area contributed by atoms with Gasteiger partial charge in [-0.15, -0.1) is 0 Å². The van der Waals surface area contributed by atoms with Crippen LogP contribution in [-0.2, 0) is 23.1 Å². The van der Waals surface area contributed by atoms with Crippen LogP contribution >= 0.6 is 7.82 Å². The molecule has 1 unspecified atom stereocenters. The molecule has 0 bridgehead atoms. The molecule has 0 aromatic rings. The molecule has 0 aliphatic carbocycles. The highest BCUT2D eigenvalue weighted by Crippen LogP contribution is 2.38. The number of phosphoric acid groups is 1. The van der Waals surface area contributed by atoms with Crippen molar-refractivity contribution in [2.75, 3.05) is 46.0 Å². The summed E-state index contributed by atoms with van der Waals surface area (Å²) in [4.78, 5) is 23.2. The average Bonchev–Trinajstić information content (AvgIpc) is 2.68. The molecule has 8 heteroatoms. The molecular formula is C21H42NO6P. The van der Waals surface area contributed by atoms with Crippen molar-refractivity contribution in [1.82, 2.24) is 0 Å². The SMILES string of the molecule is CC=CC(=O)OCCCOP(=O)([O-])OCC[N+](CCCC)(CCCC)CCCC. The average molecular weight is 436 g/mol. The maximum absolute atomic E-state index is 12.0. The topological polar surface area (TPSA) is 84.9 Å². The lowest BCUT2D eigenvalue weighted by atomic mass is 10.1. The molecule has 29 heavy (non-hydrogen) atoms. The van der Waals surface area contributed by atoms with E-state index in [1.807, 2.05) is 0 Å². The van der Waals surface area contributed by atoms with Gasteiger partial charge in [-0.3, -0.25) is 4.57 Å². The van der Waals surface area contributed by atoms with Crippen LogP contribution in [0, 0.1) is 0 Å². The van der Waals surface area contributed by atoms with Gasteiger partial charge in [-0.2, -0.15) is 0 Å². The highest BCUT2D eigenvalue weighted by molar-refractivity contribution is 7.45. The van der Waals surface area contributed by atoms with Gasteiger partial charge in [0, 0.05) is 12.5 Å². The zero-order valence-electron chi connectivity index (χ0n) is 18.9. The van der Waals surface area contributed by atoms with Crippen molar-refractivity contribution in [3.8, 4) is 0 Å². The van der Waals surface area contributed by atoms with Crippen LogP contribution < -0.4 is 4.89 Å². The monoisotopic (exact) mass is 435 g/mol. The van der Waals surface area contributed by atoms with Crippen LogP contribution in [0.3, 0.4) is 0 Å². The van der Waals surface area contributed by atoms with Crippen LogP contribution in [0.15, 0.2) is 12.2 Å². The Labute approximate surface area is 177 Å². The van der Waals surface area contributed by atoms with Crippen molar-refractivity contribution in [3.05, 3.63) is 12.2 Å². The van der Waals surface area contributed by atoms with Gasteiger partial charge in [0.25, 0.3) is 7.82 Å². The smallest absolute Gasteiger partial charge is 0.330 e. The van der Waals surface area contributed by atoms with E-state index in [9.17, 15) is 14.3 Å². The van der Waals surface area contributed by atoms with E-state index in [4.69, 9.17) is 13.8 Å². The van der Waals surface area contributed by atoms with Crippen LogP contribution in [0.4, 0.5) is 0 Å². The zero-order valence-corrected chi connectivity index (χ0v) is 19.8. The first-order valence-corrected chi connectivity index (χ1v) is 12.6. The fourth-order valence-electron chi connectivity index (χ4n) is 3.13. The summed E-state index contributed by atoms with van der Waals surface area (Å²) in [5.41, 5.74) is 0. The molecule has 0 rings (SSSR count). The van der Waals surface area contributed by atoms with E-state index < -0.39 is 13.8 Å². The Hall–Kier alpha value is -0.720. The molecular weight excluding hydrogens is 393 g/mol. The van der Waals surface area contributed by atoms with Crippen molar-refractivity contribution in [3.63, 3.8) is 0 Å². The number of unbranched alkanes of at least 4 members (excludes halogenated alkanes) is 3. The Bertz CT molecular complexity index is 476. The minimum Gasteiger partial charge on any atom is -0.756 e. The summed E-state index contributed by atoms with van der Waals surface area (Å²) in [6, 6.07) is 0. The zero-order chi connectivity index (χ0) is 22.0. The molecule has 0 amide bonds. The third-order valence-corrected chi connectivity index (χ3v) is 5.86. The molecule has 0 aliphatic rings. The van der Waals surface area contributed by atoms with Crippen LogP contribution in [0.5, 0.6) is 0 Å². The summed E-state index contributed by atoms with van der Waals surface area (Å²) in [5, 5.41) is 0. The maximum Gasteiger partial charge on any atom is 0.330 e. The molecule has 172 valence electrons. The molecule has 0 saturated carbocycles. The molecule has 0 aromatic carbocycles. The fourth-order valence-corrected chi connectivity index (χ4v) is 3.86. The Morgan fingerprint density at radius 3 is 1.86 bits per heavy atom. The molecule has 0 saturated heterocycles. The number of quaternary nitrogens is 1. The van der Waals surface area contributed by atoms with E-state index in [1.54, 1.807) is 13.0 Å². The van der Waals surface area contributed by atoms with Crippen molar-refractivity contribution in [1.29, 1.82) is 0 Å². The predicted octanol–water partition coefficient (Wildman–Crippen LogP) is 4.21. The molecule has 7 nitrogen and oxygen atoms in total. The van der Waals surface area contributed by atoms with Gasteiger partial charge in [0.05, 0.1) is 32.8 Å². The minimum absolute atomic E-state index is 0.0641. The van der Waals surface area contributed by atoms with E-state index in [0.29, 0.717) is 13.0 Å². The number of hydrogen-bond acceptors (Lipinski definition) is 6. The van der Waals surface area contributed by atoms with Gasteiger partial charge in [-0.1, -0.05) is 46.1 Å². The number of esters is 1. The minimum atomic E-state index is -4.35. The largest absolute Gasteiger partial charge is 0.756 e. The summed E-state index contributed by atoms with van der Waals surface area (Å²) in [7, 11) is -4.35. The molecule has 0 N–H and O–H groups in total. The Morgan fingerprint density at radius 1 is 0.862 bits per heavy atom. The van der Waals surface area contributed by atoms with E-state index >= 15 is 0 Å². The van der Waals surface area contributed by atoms with Crippen LogP contribution in [0.1, 0.15) is 72.6 Å². The number of allylic oxidation sites excluding steroid dienone is 1. The molecule has 0 heterocycles. The lowest BCUT2D eigenvalue weighted by molar-refractivity contribution is -0.929. The number of ether oxygens (including phenoxy) is 1. The highest BCUT2D eigenvalue weighted by atomic mass is 31.2. The number of phosphoric ester groups is 1. The first-order valence-electron chi connectivity index (χ1n) is 11.1. The van der Waals surface area contributed by atoms with Gasteiger partial charge in [0.2, 0.25) is 0 Å². The summed E-state index contributed by atoms with van der Waals surface area (Å²) in [6.45, 7) is 12.3. The standard InChI is InChI=1S/C21H42NO6P/c1-5-9-14-22(15-10-6-2,16-11-7-3)17-20-28-29(24,25)27-19-12-18-26-21(23)13-8-4/h8,13H,5-7,9-12,14-20H2,1-4H3. The van der Waals surface area contributed by atoms with Crippen LogP contribution in [0.2, 0.25) is 0 Å². The number of carbonyl (C=O) groups is 1. The molecule has 1 atom stereocenters. The molecule has 0 aliphatic heterocycles. The molecule has 0 spiro atoms.